The SMILES string of the molecule is O=S(=O)([O-])c1c(F)c(F)c(F)c(F)c1OC(F)=C(F)C(F)(F)C(F)(F)C(F)(F)C(F)(F)C(F)(F)C(F)(F)C(F)(F)F.[Na+]. The van der Waals surface area contributed by atoms with Crippen LogP contribution in [0.1, 0.15) is 0 Å². The molecule has 0 aliphatic carbocycles. The topological polar surface area (TPSA) is 66.4 Å². The molecule has 0 saturated heterocycles. The normalized spacial score (nSPS) is 15.3. The second-order valence-electron chi connectivity index (χ2n) is 7.00. The van der Waals surface area contributed by atoms with Crippen molar-refractivity contribution in [1.82, 2.24) is 0 Å². The van der Waals surface area contributed by atoms with E-state index >= 15 is 0 Å². The van der Waals surface area contributed by atoms with Crippen LogP contribution in [-0.4, -0.2) is 54.7 Å². The molecule has 0 unspecified atom stereocenters. The molecule has 0 N–H and O–H groups in total. The molecule has 0 radical (unpaired) electrons. The zero-order valence-corrected chi connectivity index (χ0v) is 21.3. The van der Waals surface area contributed by atoms with E-state index in [1.807, 2.05) is 0 Å². The molecule has 0 aromatic heterocycles. The van der Waals surface area contributed by atoms with E-state index in [-0.39, 0.29) is 29.6 Å². The first-order chi connectivity index (χ1) is 17.7. The van der Waals surface area contributed by atoms with Gasteiger partial charge in [0.25, 0.3) is 0 Å². The zero-order chi connectivity index (χ0) is 33.3. The van der Waals surface area contributed by atoms with E-state index in [9.17, 15) is 105 Å². The fourth-order valence-electron chi connectivity index (χ4n) is 2.27. The minimum atomic E-state index is -8.96. The van der Waals surface area contributed by atoms with Crippen LogP contribution < -0.4 is 34.3 Å². The Kier molecular flexibility index (Phi) is 10.8. The molecule has 1 aromatic rings. The summed E-state index contributed by atoms with van der Waals surface area (Å²) in [6.45, 7) is 0. The van der Waals surface area contributed by atoms with Crippen LogP contribution in [-0.2, 0) is 10.1 Å². The predicted octanol–water partition coefficient (Wildman–Crippen LogP) is 4.01. The molecule has 1 rings (SSSR count). The van der Waals surface area contributed by atoms with Gasteiger partial charge in [-0.15, -0.1) is 0 Å². The molecule has 0 bridgehead atoms. The van der Waals surface area contributed by atoms with Crippen molar-refractivity contribution in [2.45, 2.75) is 46.6 Å². The molecule has 0 spiro atoms. The Balaban J connectivity index is 0.0000168. The van der Waals surface area contributed by atoms with Crippen LogP contribution in [0.2, 0.25) is 0 Å². The van der Waals surface area contributed by atoms with Crippen molar-refractivity contribution in [2.75, 3.05) is 0 Å². The standard InChI is InChI=1S/C15HF21O4S.Na/c16-1-2(17)4(19)6(41(37,38)39)5(3(1)18)40-8(21)7(20)9(22,23)10(24,25)11(26,27)12(28,29)13(30,31)14(32,33)15(34,35)36;/h(H,37,38,39);/q;+1/p-1. The second kappa shape index (κ2) is 11.3. The summed E-state index contributed by atoms with van der Waals surface area (Å²) in [4.78, 5) is -3.31. The summed E-state index contributed by atoms with van der Waals surface area (Å²) in [5.41, 5.74) is 0. The number of rotatable bonds is 9. The van der Waals surface area contributed by atoms with Crippen LogP contribution in [0.4, 0.5) is 92.2 Å². The van der Waals surface area contributed by atoms with E-state index < -0.39 is 97.6 Å². The van der Waals surface area contributed by atoms with E-state index in [1.165, 1.54) is 0 Å². The average molecular weight is 698 g/mol. The average Bonchev–Trinajstić information content (AvgIpc) is 2.78. The van der Waals surface area contributed by atoms with Gasteiger partial charge in [0.05, 0.1) is 0 Å². The van der Waals surface area contributed by atoms with E-state index in [0.717, 1.165) is 0 Å². The van der Waals surface area contributed by atoms with Crippen LogP contribution in [0.25, 0.3) is 0 Å². The Morgan fingerprint density at radius 1 is 0.571 bits per heavy atom. The predicted molar refractivity (Wildman–Crippen MR) is 79.8 cm³/mol. The minimum absolute atomic E-state index is 0. The van der Waals surface area contributed by atoms with Crippen molar-refractivity contribution in [1.29, 1.82) is 0 Å². The Morgan fingerprint density at radius 3 is 1.26 bits per heavy atom. The van der Waals surface area contributed by atoms with E-state index in [2.05, 4.69) is 4.74 Å². The van der Waals surface area contributed by atoms with Gasteiger partial charge < -0.3 is 9.29 Å². The molecule has 0 heterocycles. The van der Waals surface area contributed by atoms with Crippen molar-refractivity contribution in [2.24, 2.45) is 0 Å². The van der Waals surface area contributed by atoms with Crippen molar-refractivity contribution in [3.05, 3.63) is 35.1 Å². The van der Waals surface area contributed by atoms with Gasteiger partial charge in [0.15, 0.2) is 17.4 Å². The summed E-state index contributed by atoms with van der Waals surface area (Å²) in [5.74, 6) is -74.2. The molecule has 238 valence electrons. The Hall–Kier alpha value is -1.80. The first-order valence-corrected chi connectivity index (χ1v) is 9.99. The van der Waals surface area contributed by atoms with Gasteiger partial charge in [-0.2, -0.15) is 79.0 Å². The first-order valence-electron chi connectivity index (χ1n) is 8.58. The largest absolute Gasteiger partial charge is 1.00 e. The third-order valence-electron chi connectivity index (χ3n) is 4.40. The van der Waals surface area contributed by atoms with Gasteiger partial charge in [0, 0.05) is 0 Å². The van der Waals surface area contributed by atoms with Crippen LogP contribution in [0, 0.1) is 23.3 Å². The molecule has 4 nitrogen and oxygen atoms in total. The summed E-state index contributed by atoms with van der Waals surface area (Å²) >= 11 is 0. The molecule has 0 saturated carbocycles. The zero-order valence-electron chi connectivity index (χ0n) is 18.5. The van der Waals surface area contributed by atoms with Gasteiger partial charge >= 0.3 is 77.3 Å². The number of hydrogen-bond acceptors (Lipinski definition) is 4. The van der Waals surface area contributed by atoms with Gasteiger partial charge in [-0.05, 0) is 0 Å². The third kappa shape index (κ3) is 5.71. The van der Waals surface area contributed by atoms with Crippen molar-refractivity contribution >= 4 is 10.1 Å². The summed E-state index contributed by atoms with van der Waals surface area (Å²) in [5, 5.41) is 0. The number of ether oxygens (including phenoxy) is 1. The molecule has 0 atom stereocenters. The Bertz CT molecular complexity index is 1350. The van der Waals surface area contributed by atoms with Gasteiger partial charge in [0.2, 0.25) is 17.5 Å². The Morgan fingerprint density at radius 2 is 0.905 bits per heavy atom. The van der Waals surface area contributed by atoms with Gasteiger partial charge in [-0.3, -0.25) is 0 Å². The molecular weight excluding hydrogens is 698 g/mol. The minimum Gasteiger partial charge on any atom is -0.744 e. The maximum Gasteiger partial charge on any atom is 1.00 e. The molecular formula is C15F21NaO4S. The summed E-state index contributed by atoms with van der Waals surface area (Å²) in [6, 6.07) is -4.56. The molecule has 0 fully saturated rings. The smallest absolute Gasteiger partial charge is 0.744 e. The third-order valence-corrected chi connectivity index (χ3v) is 5.27. The summed E-state index contributed by atoms with van der Waals surface area (Å²) < 4.78 is 312. The second-order valence-corrected chi connectivity index (χ2v) is 8.32. The monoisotopic (exact) mass is 698 g/mol. The number of halogens is 21. The van der Waals surface area contributed by atoms with Crippen LogP contribution in [0.3, 0.4) is 0 Å². The van der Waals surface area contributed by atoms with Gasteiger partial charge in [-0.1, -0.05) is 0 Å². The maximum atomic E-state index is 13.7. The molecule has 27 heteroatoms. The van der Waals surface area contributed by atoms with E-state index in [1.54, 1.807) is 0 Å². The number of allylic oxidation sites excluding steroid dienone is 1. The van der Waals surface area contributed by atoms with Crippen LogP contribution in [0.15, 0.2) is 16.7 Å². The Labute approximate surface area is 237 Å². The van der Waals surface area contributed by atoms with Gasteiger partial charge in [0.1, 0.15) is 15.0 Å². The summed E-state index contributed by atoms with van der Waals surface area (Å²) in [6.07, 6.45) is -7.98. The molecule has 0 aliphatic heterocycles. The molecule has 1 aromatic carbocycles. The van der Waals surface area contributed by atoms with Crippen LogP contribution in [0.5, 0.6) is 5.75 Å². The molecule has 42 heavy (non-hydrogen) atoms. The quantitative estimate of drug-likeness (QED) is 0.0978. The maximum absolute atomic E-state index is 13.7. The van der Waals surface area contributed by atoms with Gasteiger partial charge in [-0.25, -0.2) is 21.6 Å². The van der Waals surface area contributed by atoms with E-state index in [4.69, 9.17) is 0 Å². The number of hydrogen-bond donors (Lipinski definition) is 0. The number of benzene rings is 1. The first kappa shape index (κ1) is 40.2. The van der Waals surface area contributed by atoms with Crippen molar-refractivity contribution in [3.63, 3.8) is 0 Å². The fraction of sp³-hybridized carbons (Fsp3) is 0.467. The fourth-order valence-corrected chi connectivity index (χ4v) is 2.94. The van der Waals surface area contributed by atoms with Crippen molar-refractivity contribution < 1.29 is 139 Å². The number of alkyl halides is 15. The summed E-state index contributed by atoms with van der Waals surface area (Å²) in [7, 11) is -6.86. The molecule has 0 amide bonds. The van der Waals surface area contributed by atoms with Crippen molar-refractivity contribution in [3.8, 4) is 5.75 Å². The van der Waals surface area contributed by atoms with E-state index in [0.29, 0.717) is 0 Å². The van der Waals surface area contributed by atoms with Crippen LogP contribution >= 0.6 is 0 Å². The molecule has 0 aliphatic rings.